The summed E-state index contributed by atoms with van der Waals surface area (Å²) >= 11 is 0. The highest BCUT2D eigenvalue weighted by Gasteiger charge is 2.20. The van der Waals surface area contributed by atoms with Gasteiger partial charge >= 0.3 is 5.97 Å². The van der Waals surface area contributed by atoms with E-state index < -0.39 is 48.1 Å². The maximum atomic E-state index is 13.1. The lowest BCUT2D eigenvalue weighted by Crippen LogP contribution is -2.36. The number of ether oxygens (including phenoxy) is 1. The van der Waals surface area contributed by atoms with E-state index in [-0.39, 0.29) is 11.3 Å². The van der Waals surface area contributed by atoms with Crippen LogP contribution in [0.1, 0.15) is 21.6 Å². The third kappa shape index (κ3) is 5.43. The zero-order valence-electron chi connectivity index (χ0n) is 15.8. The second kappa shape index (κ2) is 9.04. The summed E-state index contributed by atoms with van der Waals surface area (Å²) in [5, 5.41) is 8.39. The number of nitrogens with one attached hydrogen (secondary N) is 2. The molecule has 0 saturated carbocycles. The van der Waals surface area contributed by atoms with E-state index in [0.29, 0.717) is 11.3 Å². The Balaban J connectivity index is 1.87. The average Bonchev–Trinajstić information content (AvgIpc) is 2.66. The van der Waals surface area contributed by atoms with Gasteiger partial charge in [0.1, 0.15) is 5.56 Å². The van der Waals surface area contributed by atoms with Crippen LogP contribution in [0, 0.1) is 25.5 Å². The van der Waals surface area contributed by atoms with E-state index in [9.17, 15) is 28.0 Å². The van der Waals surface area contributed by atoms with E-state index in [4.69, 9.17) is 4.74 Å². The maximum Gasteiger partial charge on any atom is 0.344 e. The first-order valence-corrected chi connectivity index (χ1v) is 8.33. The van der Waals surface area contributed by atoms with Crippen molar-refractivity contribution in [3.63, 3.8) is 0 Å². The molecule has 11 heteroatoms. The molecule has 154 valence electrons. The Morgan fingerprint density at radius 2 is 1.83 bits per heavy atom. The predicted octanol–water partition coefficient (Wildman–Crippen LogP) is 0.587. The number of carbonyl (C=O) groups excluding carboxylic acids is 3. The van der Waals surface area contributed by atoms with Gasteiger partial charge in [0.2, 0.25) is 5.91 Å². The molecule has 2 aromatic rings. The maximum absolute atomic E-state index is 13.1. The number of aryl methyl sites for hydroxylation is 2. The van der Waals surface area contributed by atoms with Crippen LogP contribution in [0.5, 0.6) is 0 Å². The number of hydrogen-bond acceptors (Lipinski definition) is 6. The van der Waals surface area contributed by atoms with Crippen LogP contribution in [0.3, 0.4) is 0 Å². The van der Waals surface area contributed by atoms with Crippen LogP contribution in [0.15, 0.2) is 23.0 Å². The van der Waals surface area contributed by atoms with E-state index in [1.165, 1.54) is 14.0 Å². The van der Waals surface area contributed by atoms with E-state index in [0.717, 1.165) is 22.9 Å². The van der Waals surface area contributed by atoms with Crippen molar-refractivity contribution in [2.45, 2.75) is 13.8 Å². The van der Waals surface area contributed by atoms with Gasteiger partial charge in [-0.25, -0.2) is 18.3 Å². The number of hydrogen-bond donors (Lipinski definition) is 2. The minimum absolute atomic E-state index is 0.00829. The first kappa shape index (κ1) is 21.7. The minimum Gasteiger partial charge on any atom is -0.452 e. The quantitative estimate of drug-likeness (QED) is 0.675. The van der Waals surface area contributed by atoms with Gasteiger partial charge in [0, 0.05) is 18.8 Å². The summed E-state index contributed by atoms with van der Waals surface area (Å²) in [7, 11) is 1.38. The Labute approximate surface area is 163 Å². The summed E-state index contributed by atoms with van der Waals surface area (Å²) in [6, 6.07) is 2.78. The van der Waals surface area contributed by atoms with Gasteiger partial charge in [0.25, 0.3) is 11.5 Å². The fourth-order valence-electron chi connectivity index (χ4n) is 2.30. The molecule has 0 spiro atoms. The number of aromatic nitrogens is 2. The zero-order chi connectivity index (χ0) is 21.7. The second-order valence-electron chi connectivity index (χ2n) is 6.04. The molecule has 0 aliphatic carbocycles. The van der Waals surface area contributed by atoms with Crippen LogP contribution in [0.4, 0.5) is 14.5 Å². The summed E-state index contributed by atoms with van der Waals surface area (Å²) in [5.74, 6) is -4.68. The molecule has 1 heterocycles. The number of rotatable bonds is 6. The molecule has 0 aliphatic rings. The highest BCUT2D eigenvalue weighted by molar-refractivity contribution is 5.95. The third-order valence-electron chi connectivity index (χ3n) is 3.91. The summed E-state index contributed by atoms with van der Waals surface area (Å²) in [6.45, 7) is 1.93. The Kier molecular flexibility index (Phi) is 6.75. The first-order valence-electron chi connectivity index (χ1n) is 8.33. The lowest BCUT2D eigenvalue weighted by atomic mass is 10.1. The van der Waals surface area contributed by atoms with Crippen LogP contribution >= 0.6 is 0 Å². The number of benzene rings is 1. The highest BCUT2D eigenvalue weighted by atomic mass is 19.2. The van der Waals surface area contributed by atoms with Crippen molar-refractivity contribution in [2.24, 2.45) is 7.05 Å². The standard InChI is InChI=1S/C18H18F2N4O5/c1-9-10(2)23-24(3)17(27)16(9)18(28)29-8-15(26)21-7-14(25)22-11-4-5-12(19)13(20)6-11/h4-6H,7-8H2,1-3H3,(H,21,26)(H,22,25). The molecule has 0 aliphatic heterocycles. The largest absolute Gasteiger partial charge is 0.452 e. The van der Waals surface area contributed by atoms with Crippen molar-refractivity contribution in [3.05, 3.63) is 57.0 Å². The van der Waals surface area contributed by atoms with Gasteiger partial charge in [-0.1, -0.05) is 0 Å². The van der Waals surface area contributed by atoms with Crippen LogP contribution in [-0.2, 0) is 21.4 Å². The first-order chi connectivity index (χ1) is 13.6. The van der Waals surface area contributed by atoms with E-state index in [2.05, 4.69) is 15.7 Å². The van der Waals surface area contributed by atoms with Crippen molar-refractivity contribution in [2.75, 3.05) is 18.5 Å². The molecular formula is C18H18F2N4O5. The SMILES string of the molecule is Cc1nn(C)c(=O)c(C(=O)OCC(=O)NCC(=O)Nc2ccc(F)c(F)c2)c1C. The van der Waals surface area contributed by atoms with Gasteiger partial charge in [-0.15, -0.1) is 0 Å². The Bertz CT molecular complexity index is 1040. The molecule has 0 saturated heterocycles. The molecule has 29 heavy (non-hydrogen) atoms. The van der Waals surface area contributed by atoms with Crippen LogP contribution in [-0.4, -0.2) is 40.7 Å². The van der Waals surface area contributed by atoms with Crippen molar-refractivity contribution < 1.29 is 27.9 Å². The molecule has 1 aromatic heterocycles. The molecule has 0 bridgehead atoms. The lowest BCUT2D eigenvalue weighted by molar-refractivity contribution is -0.126. The Hall–Kier alpha value is -3.63. The summed E-state index contributed by atoms with van der Waals surface area (Å²) < 4.78 is 31.8. The third-order valence-corrected chi connectivity index (χ3v) is 3.91. The molecule has 9 nitrogen and oxygen atoms in total. The second-order valence-corrected chi connectivity index (χ2v) is 6.04. The van der Waals surface area contributed by atoms with Gasteiger partial charge in [-0.05, 0) is 31.5 Å². The minimum atomic E-state index is -1.13. The predicted molar refractivity (Wildman–Crippen MR) is 97.2 cm³/mol. The van der Waals surface area contributed by atoms with Gasteiger partial charge < -0.3 is 15.4 Å². The van der Waals surface area contributed by atoms with E-state index in [1.54, 1.807) is 6.92 Å². The lowest BCUT2D eigenvalue weighted by Gasteiger charge is -2.10. The highest BCUT2D eigenvalue weighted by Crippen LogP contribution is 2.12. The molecule has 0 unspecified atom stereocenters. The van der Waals surface area contributed by atoms with Crippen molar-refractivity contribution >= 4 is 23.5 Å². The molecule has 2 amide bonds. The number of amides is 2. The average molecular weight is 408 g/mol. The Morgan fingerprint density at radius 1 is 1.14 bits per heavy atom. The number of carbonyl (C=O) groups is 3. The molecular weight excluding hydrogens is 390 g/mol. The monoisotopic (exact) mass is 408 g/mol. The molecule has 0 fully saturated rings. The number of nitrogens with zero attached hydrogens (tertiary/aromatic N) is 2. The molecule has 0 radical (unpaired) electrons. The fourth-order valence-corrected chi connectivity index (χ4v) is 2.30. The molecule has 1 aromatic carbocycles. The van der Waals surface area contributed by atoms with Crippen LogP contribution < -0.4 is 16.2 Å². The number of halogens is 2. The summed E-state index contributed by atoms with van der Waals surface area (Å²) in [4.78, 5) is 47.7. The Morgan fingerprint density at radius 3 is 2.48 bits per heavy atom. The fraction of sp³-hybridized carbons (Fsp3) is 0.278. The van der Waals surface area contributed by atoms with Crippen molar-refractivity contribution in [1.82, 2.24) is 15.1 Å². The van der Waals surface area contributed by atoms with Crippen molar-refractivity contribution in [3.8, 4) is 0 Å². The summed E-state index contributed by atoms with van der Waals surface area (Å²) in [5.41, 5.74) is -0.0935. The van der Waals surface area contributed by atoms with Gasteiger partial charge in [0.05, 0.1) is 12.2 Å². The van der Waals surface area contributed by atoms with Gasteiger partial charge in [-0.2, -0.15) is 5.10 Å². The van der Waals surface area contributed by atoms with Gasteiger partial charge in [-0.3, -0.25) is 14.4 Å². The summed E-state index contributed by atoms with van der Waals surface area (Å²) in [6.07, 6.45) is 0. The smallest absolute Gasteiger partial charge is 0.344 e. The zero-order valence-corrected chi connectivity index (χ0v) is 15.8. The number of anilines is 1. The number of esters is 1. The molecule has 2 rings (SSSR count). The van der Waals surface area contributed by atoms with Crippen molar-refractivity contribution in [1.29, 1.82) is 0 Å². The van der Waals surface area contributed by atoms with Crippen LogP contribution in [0.25, 0.3) is 0 Å². The molecule has 2 N–H and O–H groups in total. The van der Waals surface area contributed by atoms with E-state index >= 15 is 0 Å². The van der Waals surface area contributed by atoms with Crippen LogP contribution in [0.2, 0.25) is 0 Å². The normalized spacial score (nSPS) is 10.4. The van der Waals surface area contributed by atoms with Gasteiger partial charge in [0.15, 0.2) is 18.2 Å². The van der Waals surface area contributed by atoms with E-state index in [1.807, 2.05) is 0 Å². The molecule has 0 atom stereocenters. The topological polar surface area (TPSA) is 119 Å².